The molecule has 5 heteroatoms. The lowest BCUT2D eigenvalue weighted by Gasteiger charge is -2.39. The Kier molecular flexibility index (Phi) is 6.71. The molecule has 5 nitrogen and oxygen atoms in total. The van der Waals surface area contributed by atoms with Crippen LogP contribution in [0.3, 0.4) is 0 Å². The summed E-state index contributed by atoms with van der Waals surface area (Å²) in [5, 5.41) is 0. The second-order valence-corrected chi connectivity index (χ2v) is 8.89. The van der Waals surface area contributed by atoms with Crippen molar-refractivity contribution in [1.82, 2.24) is 9.80 Å². The standard InChI is InChI=1S/C26H32N2O3/c1-19-17-28(18-20(2)31-19)25(29)22-12-14-27(15-13-22)26(30)24-11-7-6-10-23(24)16-21-8-4-3-5-9-21/h3-11,19-20,22H,12-18H2,1-2H3. The van der Waals surface area contributed by atoms with Gasteiger partial charge in [0.05, 0.1) is 12.2 Å². The van der Waals surface area contributed by atoms with Crippen LogP contribution in [0.2, 0.25) is 0 Å². The number of hydrogen-bond donors (Lipinski definition) is 0. The van der Waals surface area contributed by atoms with Crippen LogP contribution in [0.15, 0.2) is 54.6 Å². The van der Waals surface area contributed by atoms with Crippen molar-refractivity contribution in [1.29, 1.82) is 0 Å². The molecule has 2 saturated heterocycles. The van der Waals surface area contributed by atoms with E-state index in [1.165, 1.54) is 5.56 Å². The van der Waals surface area contributed by atoms with E-state index >= 15 is 0 Å². The van der Waals surface area contributed by atoms with Crippen LogP contribution in [0.5, 0.6) is 0 Å². The summed E-state index contributed by atoms with van der Waals surface area (Å²) in [6.07, 6.45) is 2.35. The van der Waals surface area contributed by atoms with E-state index in [4.69, 9.17) is 4.74 Å². The first kappa shape index (κ1) is 21.6. The summed E-state index contributed by atoms with van der Waals surface area (Å²) in [4.78, 5) is 30.2. The lowest BCUT2D eigenvalue weighted by atomic mass is 9.93. The highest BCUT2D eigenvalue weighted by molar-refractivity contribution is 5.96. The van der Waals surface area contributed by atoms with Crippen LogP contribution in [0.1, 0.15) is 48.2 Å². The Bertz CT molecular complexity index is 896. The van der Waals surface area contributed by atoms with Gasteiger partial charge in [-0.15, -0.1) is 0 Å². The Morgan fingerprint density at radius 2 is 1.48 bits per heavy atom. The first-order valence-corrected chi connectivity index (χ1v) is 11.4. The average molecular weight is 421 g/mol. The Labute approximate surface area is 185 Å². The predicted octanol–water partition coefficient (Wildman–Crippen LogP) is 3.77. The number of nitrogens with zero attached hydrogens (tertiary/aromatic N) is 2. The molecule has 0 N–H and O–H groups in total. The summed E-state index contributed by atoms with van der Waals surface area (Å²) in [5.41, 5.74) is 3.01. The van der Waals surface area contributed by atoms with Gasteiger partial charge < -0.3 is 14.5 Å². The molecule has 0 aliphatic carbocycles. The average Bonchev–Trinajstić information content (AvgIpc) is 2.79. The number of carbonyl (C=O) groups is 2. The van der Waals surface area contributed by atoms with Crippen molar-refractivity contribution < 1.29 is 14.3 Å². The number of hydrogen-bond acceptors (Lipinski definition) is 3. The molecular formula is C26H32N2O3. The van der Waals surface area contributed by atoms with Gasteiger partial charge in [0.15, 0.2) is 0 Å². The Morgan fingerprint density at radius 1 is 0.871 bits per heavy atom. The summed E-state index contributed by atoms with van der Waals surface area (Å²) >= 11 is 0. The lowest BCUT2D eigenvalue weighted by molar-refractivity contribution is -0.148. The van der Waals surface area contributed by atoms with E-state index < -0.39 is 0 Å². The van der Waals surface area contributed by atoms with E-state index in [0.29, 0.717) is 26.2 Å². The second kappa shape index (κ2) is 9.65. The van der Waals surface area contributed by atoms with Crippen LogP contribution >= 0.6 is 0 Å². The molecule has 0 radical (unpaired) electrons. The van der Waals surface area contributed by atoms with Crippen molar-refractivity contribution >= 4 is 11.8 Å². The number of piperidine rings is 1. The number of amides is 2. The van der Waals surface area contributed by atoms with Crippen LogP contribution in [-0.4, -0.2) is 60.0 Å². The third-order valence-corrected chi connectivity index (χ3v) is 6.35. The quantitative estimate of drug-likeness (QED) is 0.757. The first-order chi connectivity index (χ1) is 15.0. The van der Waals surface area contributed by atoms with Crippen LogP contribution < -0.4 is 0 Å². The van der Waals surface area contributed by atoms with Gasteiger partial charge >= 0.3 is 0 Å². The Hall–Kier alpha value is -2.66. The molecule has 2 unspecified atom stereocenters. The van der Waals surface area contributed by atoms with Crippen molar-refractivity contribution in [2.24, 2.45) is 5.92 Å². The molecule has 2 aliphatic heterocycles. The smallest absolute Gasteiger partial charge is 0.254 e. The minimum absolute atomic E-state index is 0.00103. The van der Waals surface area contributed by atoms with Crippen molar-refractivity contribution in [3.05, 3.63) is 71.3 Å². The molecule has 2 amide bonds. The van der Waals surface area contributed by atoms with Crippen LogP contribution in [0, 0.1) is 5.92 Å². The van der Waals surface area contributed by atoms with E-state index in [0.717, 1.165) is 30.4 Å². The molecule has 2 aromatic rings. The molecule has 164 valence electrons. The molecule has 2 heterocycles. The van der Waals surface area contributed by atoms with E-state index in [1.54, 1.807) is 0 Å². The van der Waals surface area contributed by atoms with E-state index in [1.807, 2.05) is 66.1 Å². The van der Waals surface area contributed by atoms with Gasteiger partial charge in [-0.05, 0) is 50.3 Å². The molecule has 4 rings (SSSR count). The van der Waals surface area contributed by atoms with Crippen LogP contribution in [0.25, 0.3) is 0 Å². The van der Waals surface area contributed by atoms with Crippen LogP contribution in [0.4, 0.5) is 0 Å². The van der Waals surface area contributed by atoms with Gasteiger partial charge in [0.1, 0.15) is 0 Å². The summed E-state index contributed by atoms with van der Waals surface area (Å²) in [6.45, 7) is 6.62. The number of morpholine rings is 1. The fourth-order valence-corrected chi connectivity index (χ4v) is 4.81. The third kappa shape index (κ3) is 5.16. The zero-order chi connectivity index (χ0) is 21.8. The van der Waals surface area contributed by atoms with Crippen molar-refractivity contribution in [3.63, 3.8) is 0 Å². The van der Waals surface area contributed by atoms with Crippen molar-refractivity contribution in [3.8, 4) is 0 Å². The summed E-state index contributed by atoms with van der Waals surface area (Å²) in [7, 11) is 0. The zero-order valence-corrected chi connectivity index (χ0v) is 18.5. The first-order valence-electron chi connectivity index (χ1n) is 11.4. The monoisotopic (exact) mass is 420 g/mol. The van der Waals surface area contributed by atoms with Gasteiger partial charge in [-0.1, -0.05) is 48.5 Å². The summed E-state index contributed by atoms with van der Waals surface area (Å²) < 4.78 is 5.76. The molecular weight excluding hydrogens is 388 g/mol. The fraction of sp³-hybridized carbons (Fsp3) is 0.462. The van der Waals surface area contributed by atoms with Gasteiger partial charge in [0.25, 0.3) is 5.91 Å². The van der Waals surface area contributed by atoms with Gasteiger partial charge in [0, 0.05) is 37.7 Å². The summed E-state index contributed by atoms with van der Waals surface area (Å²) in [6, 6.07) is 18.1. The molecule has 2 aliphatic rings. The largest absolute Gasteiger partial charge is 0.372 e. The van der Waals surface area contributed by atoms with E-state index in [-0.39, 0.29) is 29.9 Å². The third-order valence-electron chi connectivity index (χ3n) is 6.35. The highest BCUT2D eigenvalue weighted by atomic mass is 16.5. The van der Waals surface area contributed by atoms with Crippen molar-refractivity contribution in [2.45, 2.75) is 45.3 Å². The van der Waals surface area contributed by atoms with E-state index in [9.17, 15) is 9.59 Å². The minimum atomic E-state index is 0.00103. The number of rotatable bonds is 4. The second-order valence-electron chi connectivity index (χ2n) is 8.89. The highest BCUT2D eigenvalue weighted by Gasteiger charge is 2.34. The lowest BCUT2D eigenvalue weighted by Crippen LogP contribution is -2.51. The molecule has 2 fully saturated rings. The number of benzene rings is 2. The maximum atomic E-state index is 13.3. The SMILES string of the molecule is CC1CN(C(=O)C2CCN(C(=O)c3ccccc3Cc3ccccc3)CC2)CC(C)O1. The van der Waals surface area contributed by atoms with Gasteiger partial charge in [-0.3, -0.25) is 9.59 Å². The Balaban J connectivity index is 1.38. The maximum Gasteiger partial charge on any atom is 0.254 e. The molecule has 31 heavy (non-hydrogen) atoms. The highest BCUT2D eigenvalue weighted by Crippen LogP contribution is 2.24. The molecule has 0 spiro atoms. The maximum absolute atomic E-state index is 13.3. The van der Waals surface area contributed by atoms with Crippen LogP contribution in [-0.2, 0) is 16.0 Å². The van der Waals surface area contributed by atoms with E-state index in [2.05, 4.69) is 12.1 Å². The van der Waals surface area contributed by atoms with Gasteiger partial charge in [0.2, 0.25) is 5.91 Å². The number of likely N-dealkylation sites (tertiary alicyclic amines) is 1. The van der Waals surface area contributed by atoms with Gasteiger partial charge in [-0.25, -0.2) is 0 Å². The Morgan fingerprint density at radius 3 is 2.16 bits per heavy atom. The summed E-state index contributed by atoms with van der Waals surface area (Å²) in [5.74, 6) is 0.297. The molecule has 2 aromatic carbocycles. The number of ether oxygens (including phenoxy) is 1. The van der Waals surface area contributed by atoms with Gasteiger partial charge in [-0.2, -0.15) is 0 Å². The molecule has 0 aromatic heterocycles. The fourth-order valence-electron chi connectivity index (χ4n) is 4.81. The van der Waals surface area contributed by atoms with Crippen molar-refractivity contribution in [2.75, 3.05) is 26.2 Å². The topological polar surface area (TPSA) is 49.9 Å². The molecule has 0 saturated carbocycles. The number of carbonyl (C=O) groups excluding carboxylic acids is 2. The minimum Gasteiger partial charge on any atom is -0.372 e. The molecule has 0 bridgehead atoms. The zero-order valence-electron chi connectivity index (χ0n) is 18.5. The normalized spacial score (nSPS) is 22.4. The molecule has 2 atom stereocenters. The predicted molar refractivity (Wildman–Crippen MR) is 121 cm³/mol.